The van der Waals surface area contributed by atoms with E-state index < -0.39 is 16.7 Å². The SMILES string of the molecule is CSc1ccc([N+](=O)[O-])c(C(=O)N2CCCC(C(N)=O)C2)c1. The van der Waals surface area contributed by atoms with Crippen molar-refractivity contribution < 1.29 is 14.5 Å². The van der Waals surface area contributed by atoms with E-state index >= 15 is 0 Å². The molecular weight excluding hydrogens is 306 g/mol. The quantitative estimate of drug-likeness (QED) is 0.515. The van der Waals surface area contributed by atoms with Gasteiger partial charge in [0.15, 0.2) is 0 Å². The third kappa shape index (κ3) is 3.38. The van der Waals surface area contributed by atoms with Crippen LogP contribution in [-0.4, -0.2) is 41.0 Å². The molecule has 7 nitrogen and oxygen atoms in total. The number of benzene rings is 1. The number of hydrogen-bond donors (Lipinski definition) is 1. The predicted octanol–water partition coefficient (Wildman–Crippen LogP) is 1.65. The van der Waals surface area contributed by atoms with Crippen molar-refractivity contribution in [3.63, 3.8) is 0 Å². The minimum absolute atomic E-state index is 0.0574. The second kappa shape index (κ2) is 6.78. The number of hydrogen-bond acceptors (Lipinski definition) is 5. The first kappa shape index (κ1) is 16.3. The molecule has 1 unspecified atom stereocenters. The van der Waals surface area contributed by atoms with Gasteiger partial charge in [-0.2, -0.15) is 0 Å². The van der Waals surface area contributed by atoms with Crippen LogP contribution in [0, 0.1) is 16.0 Å². The average molecular weight is 323 g/mol. The number of amides is 2. The number of carbonyl (C=O) groups is 2. The Labute approximate surface area is 132 Å². The molecule has 22 heavy (non-hydrogen) atoms. The number of nitrogens with two attached hydrogens (primary N) is 1. The number of nitro groups is 1. The van der Waals surface area contributed by atoms with Gasteiger partial charge in [-0.25, -0.2) is 0 Å². The second-order valence-electron chi connectivity index (χ2n) is 5.13. The lowest BCUT2D eigenvalue weighted by molar-refractivity contribution is -0.385. The van der Waals surface area contributed by atoms with E-state index in [4.69, 9.17) is 5.73 Å². The van der Waals surface area contributed by atoms with Gasteiger partial charge in [-0.05, 0) is 31.2 Å². The minimum atomic E-state index is -0.563. The molecule has 118 valence electrons. The van der Waals surface area contributed by atoms with Crippen molar-refractivity contribution in [1.29, 1.82) is 0 Å². The molecule has 2 amide bonds. The number of nitro benzene ring substituents is 1. The molecule has 8 heteroatoms. The van der Waals surface area contributed by atoms with Crippen LogP contribution in [0.3, 0.4) is 0 Å². The van der Waals surface area contributed by atoms with Gasteiger partial charge in [-0.15, -0.1) is 11.8 Å². The zero-order valence-electron chi connectivity index (χ0n) is 12.2. The lowest BCUT2D eigenvalue weighted by atomic mass is 9.96. The number of primary amides is 1. The standard InChI is InChI=1S/C14H17N3O4S/c1-22-10-4-5-12(17(20)21)11(7-10)14(19)16-6-2-3-9(8-16)13(15)18/h4-5,7,9H,2-3,6,8H2,1H3,(H2,15,18). The zero-order chi connectivity index (χ0) is 16.3. The van der Waals surface area contributed by atoms with E-state index in [2.05, 4.69) is 0 Å². The molecule has 0 bridgehead atoms. The summed E-state index contributed by atoms with van der Waals surface area (Å²) in [6.07, 6.45) is 3.14. The Morgan fingerprint density at radius 1 is 1.45 bits per heavy atom. The van der Waals surface area contributed by atoms with Crippen LogP contribution in [0.4, 0.5) is 5.69 Å². The van der Waals surface area contributed by atoms with Gasteiger partial charge in [0.05, 0.1) is 10.8 Å². The Bertz CT molecular complexity index is 620. The highest BCUT2D eigenvalue weighted by atomic mass is 32.2. The molecular formula is C14H17N3O4S. The fraction of sp³-hybridized carbons (Fsp3) is 0.429. The summed E-state index contributed by atoms with van der Waals surface area (Å²) in [4.78, 5) is 36.8. The third-order valence-electron chi connectivity index (χ3n) is 3.74. The molecule has 2 N–H and O–H groups in total. The van der Waals surface area contributed by atoms with Gasteiger partial charge in [-0.1, -0.05) is 0 Å². The van der Waals surface area contributed by atoms with Crippen LogP contribution in [0.2, 0.25) is 0 Å². The van der Waals surface area contributed by atoms with Gasteiger partial charge >= 0.3 is 0 Å². The average Bonchev–Trinajstić information content (AvgIpc) is 2.53. The molecule has 1 aromatic carbocycles. The van der Waals surface area contributed by atoms with E-state index in [1.807, 2.05) is 6.26 Å². The zero-order valence-corrected chi connectivity index (χ0v) is 13.0. The van der Waals surface area contributed by atoms with Crippen LogP contribution in [0.25, 0.3) is 0 Å². The summed E-state index contributed by atoms with van der Waals surface area (Å²) in [5.41, 5.74) is 5.14. The summed E-state index contributed by atoms with van der Waals surface area (Å²) >= 11 is 1.41. The Kier molecular flexibility index (Phi) is 5.02. The van der Waals surface area contributed by atoms with Gasteiger partial charge in [-0.3, -0.25) is 19.7 Å². The fourth-order valence-electron chi connectivity index (χ4n) is 2.54. The monoisotopic (exact) mass is 323 g/mol. The molecule has 0 aromatic heterocycles. The third-order valence-corrected chi connectivity index (χ3v) is 4.47. The van der Waals surface area contributed by atoms with Gasteiger partial charge in [0.1, 0.15) is 5.56 Å². The number of rotatable bonds is 4. The van der Waals surface area contributed by atoms with Gasteiger partial charge in [0, 0.05) is 24.1 Å². The molecule has 1 saturated heterocycles. The number of piperidine rings is 1. The van der Waals surface area contributed by atoms with Crippen LogP contribution < -0.4 is 5.73 Å². The number of likely N-dealkylation sites (tertiary alicyclic amines) is 1. The molecule has 1 aliphatic heterocycles. The summed E-state index contributed by atoms with van der Waals surface area (Å²) in [5.74, 6) is -1.25. The first-order valence-corrected chi connectivity index (χ1v) is 8.07. The van der Waals surface area contributed by atoms with Crippen LogP contribution >= 0.6 is 11.8 Å². The van der Waals surface area contributed by atoms with E-state index in [9.17, 15) is 19.7 Å². The maximum Gasteiger partial charge on any atom is 0.282 e. The van der Waals surface area contributed by atoms with E-state index in [-0.39, 0.29) is 23.7 Å². The Morgan fingerprint density at radius 3 is 2.77 bits per heavy atom. The summed E-state index contributed by atoms with van der Waals surface area (Å²) in [6, 6.07) is 4.48. The van der Waals surface area contributed by atoms with Crippen LogP contribution in [0.5, 0.6) is 0 Å². The summed E-state index contributed by atoms with van der Waals surface area (Å²) in [7, 11) is 0. The highest BCUT2D eigenvalue weighted by molar-refractivity contribution is 7.98. The summed E-state index contributed by atoms with van der Waals surface area (Å²) < 4.78 is 0. The maximum atomic E-state index is 12.6. The Balaban J connectivity index is 2.31. The van der Waals surface area contributed by atoms with Crippen molar-refractivity contribution >= 4 is 29.3 Å². The van der Waals surface area contributed by atoms with Crippen molar-refractivity contribution in [2.24, 2.45) is 11.7 Å². The van der Waals surface area contributed by atoms with Crippen molar-refractivity contribution in [1.82, 2.24) is 4.90 Å². The van der Waals surface area contributed by atoms with Gasteiger partial charge in [0.25, 0.3) is 11.6 Å². The number of carbonyl (C=O) groups excluding carboxylic acids is 2. The topological polar surface area (TPSA) is 107 Å². The lowest BCUT2D eigenvalue weighted by Gasteiger charge is -2.31. The number of thioether (sulfide) groups is 1. The highest BCUT2D eigenvalue weighted by Crippen LogP contribution is 2.27. The molecule has 1 atom stereocenters. The van der Waals surface area contributed by atoms with E-state index in [1.54, 1.807) is 6.07 Å². The lowest BCUT2D eigenvalue weighted by Crippen LogP contribution is -2.44. The van der Waals surface area contributed by atoms with Crippen molar-refractivity contribution in [3.8, 4) is 0 Å². The Hall–Kier alpha value is -2.09. The molecule has 0 spiro atoms. The maximum absolute atomic E-state index is 12.6. The minimum Gasteiger partial charge on any atom is -0.369 e. The molecule has 0 radical (unpaired) electrons. The molecule has 1 fully saturated rings. The Morgan fingerprint density at radius 2 is 2.18 bits per heavy atom. The van der Waals surface area contributed by atoms with Crippen molar-refractivity contribution in [2.45, 2.75) is 17.7 Å². The van der Waals surface area contributed by atoms with E-state index in [1.165, 1.54) is 28.8 Å². The largest absolute Gasteiger partial charge is 0.369 e. The van der Waals surface area contributed by atoms with Gasteiger partial charge < -0.3 is 10.6 Å². The van der Waals surface area contributed by atoms with E-state index in [0.29, 0.717) is 19.4 Å². The summed E-state index contributed by atoms with van der Waals surface area (Å²) in [6.45, 7) is 0.693. The van der Waals surface area contributed by atoms with Crippen molar-refractivity contribution in [2.75, 3.05) is 19.3 Å². The van der Waals surface area contributed by atoms with Crippen LogP contribution in [0.15, 0.2) is 23.1 Å². The molecule has 0 saturated carbocycles. The number of nitrogens with zero attached hydrogens (tertiary/aromatic N) is 2. The molecule has 1 heterocycles. The van der Waals surface area contributed by atoms with Gasteiger partial charge in [0.2, 0.25) is 5.91 Å². The predicted molar refractivity (Wildman–Crippen MR) is 82.7 cm³/mol. The smallest absolute Gasteiger partial charge is 0.282 e. The summed E-state index contributed by atoms with van der Waals surface area (Å²) in [5, 5.41) is 11.1. The first-order valence-electron chi connectivity index (χ1n) is 6.85. The van der Waals surface area contributed by atoms with Crippen molar-refractivity contribution in [3.05, 3.63) is 33.9 Å². The highest BCUT2D eigenvalue weighted by Gasteiger charge is 2.31. The van der Waals surface area contributed by atoms with E-state index in [0.717, 1.165) is 4.90 Å². The van der Waals surface area contributed by atoms with Crippen LogP contribution in [-0.2, 0) is 4.79 Å². The molecule has 1 aliphatic rings. The first-order chi connectivity index (χ1) is 10.4. The normalized spacial score (nSPS) is 18.0. The molecule has 0 aliphatic carbocycles. The second-order valence-corrected chi connectivity index (χ2v) is 6.01. The fourth-order valence-corrected chi connectivity index (χ4v) is 2.98. The van der Waals surface area contributed by atoms with Crippen LogP contribution in [0.1, 0.15) is 23.2 Å². The molecule has 1 aromatic rings. The molecule has 2 rings (SSSR count).